The first-order chi connectivity index (χ1) is 23.3. The van der Waals surface area contributed by atoms with Crippen LogP contribution in [0.4, 0.5) is 0 Å². The smallest absolute Gasteiger partial charge is 0.357 e. The minimum atomic E-state index is -0.848. The van der Waals surface area contributed by atoms with Gasteiger partial charge in [-0.2, -0.15) is 0 Å². The normalized spacial score (nSPS) is 11.4. The van der Waals surface area contributed by atoms with E-state index >= 15 is 0 Å². The molecule has 3 aromatic heterocycles. The second kappa shape index (κ2) is 17.6. The predicted molar refractivity (Wildman–Crippen MR) is 167 cm³/mol. The highest BCUT2D eigenvalue weighted by Crippen LogP contribution is 2.35. The van der Waals surface area contributed by atoms with Crippen molar-refractivity contribution in [2.45, 2.75) is 61.4 Å². The summed E-state index contributed by atoms with van der Waals surface area (Å²) >= 11 is 0. The van der Waals surface area contributed by atoms with Gasteiger partial charge in [-0.3, -0.25) is 0 Å². The van der Waals surface area contributed by atoms with Crippen molar-refractivity contribution in [3.05, 3.63) is 46.0 Å². The van der Waals surface area contributed by atoms with Crippen molar-refractivity contribution >= 4 is 50.7 Å². The number of rotatable bonds is 18. The van der Waals surface area contributed by atoms with Crippen LogP contribution >= 0.6 is 0 Å². The molecule has 0 saturated heterocycles. The lowest BCUT2D eigenvalue weighted by atomic mass is 10.00. The van der Waals surface area contributed by atoms with Crippen LogP contribution in [0, 0.1) is 0 Å². The minimum absolute atomic E-state index is 0.0284. The molecule has 0 unspecified atom stereocenters. The molecule has 16 heteroatoms. The Kier molecular flexibility index (Phi) is 13.4. The Morgan fingerprint density at radius 3 is 1.33 bits per heavy atom. The molecular formula is C32H38N4O12. The van der Waals surface area contributed by atoms with Crippen LogP contribution in [0.15, 0.2) is 12.1 Å². The van der Waals surface area contributed by atoms with E-state index in [0.29, 0.717) is 22.2 Å². The highest BCUT2D eigenvalue weighted by atomic mass is 17.2. The summed E-state index contributed by atoms with van der Waals surface area (Å²) in [6.45, 7) is 10.7. The number of fused-ring (bicyclic) bond motifs is 6. The number of pyridine rings is 2. The van der Waals surface area contributed by atoms with Gasteiger partial charge in [0.25, 0.3) is 0 Å². The number of nitrogens with zero attached hydrogens (tertiary/aromatic N) is 4. The molecule has 0 radical (unpaired) electrons. The van der Waals surface area contributed by atoms with Crippen LogP contribution in [-0.4, -0.2) is 77.5 Å². The van der Waals surface area contributed by atoms with E-state index in [4.69, 9.17) is 58.5 Å². The third-order valence-corrected chi connectivity index (χ3v) is 6.56. The summed E-state index contributed by atoms with van der Waals surface area (Å²) in [6.07, 6.45) is 0. The fourth-order valence-electron chi connectivity index (χ4n) is 4.66. The topological polar surface area (TPSA) is 186 Å². The molecule has 0 aliphatic carbocycles. The van der Waals surface area contributed by atoms with E-state index in [9.17, 15) is 14.4 Å². The third kappa shape index (κ3) is 8.15. The Balaban J connectivity index is 2.19. The molecule has 0 spiro atoms. The largest absolute Gasteiger partial charge is 0.462 e. The third-order valence-electron chi connectivity index (χ3n) is 6.56. The summed E-state index contributed by atoms with van der Waals surface area (Å²) in [7, 11) is 0. The molecule has 16 nitrogen and oxygen atoms in total. The van der Waals surface area contributed by atoms with Crippen molar-refractivity contribution in [1.29, 1.82) is 0 Å². The molecule has 48 heavy (non-hydrogen) atoms. The summed E-state index contributed by atoms with van der Waals surface area (Å²) in [5.41, 5.74) is 1.31. The quantitative estimate of drug-likeness (QED) is 0.0355. The molecule has 4 rings (SSSR count). The summed E-state index contributed by atoms with van der Waals surface area (Å²) < 4.78 is 15.8. The van der Waals surface area contributed by atoms with Gasteiger partial charge in [0, 0.05) is 10.8 Å². The van der Waals surface area contributed by atoms with Crippen LogP contribution in [0.3, 0.4) is 0 Å². The molecule has 0 N–H and O–H groups in total. The standard InChI is InChI=1S/C32H38N4O12/c1-7-40-30(37)20-13-18-19-14-21(31(38)41-8-2)27(32(39)42-9-3)36-26(19)29-28(25(18)33-22(20)15-46-43-10-4)34-23(16-47-44-11-5)24(35-29)17-48-45-12-6/h13-14H,7-12,15-17H2,1-6H3. The van der Waals surface area contributed by atoms with Crippen molar-refractivity contribution < 1.29 is 57.9 Å². The Hall–Kier alpha value is -4.45. The average Bonchev–Trinajstić information content (AvgIpc) is 3.08. The molecule has 0 fully saturated rings. The van der Waals surface area contributed by atoms with E-state index in [1.165, 1.54) is 12.1 Å². The van der Waals surface area contributed by atoms with Gasteiger partial charge < -0.3 is 14.2 Å². The van der Waals surface area contributed by atoms with Gasteiger partial charge in [-0.25, -0.2) is 63.6 Å². The molecule has 0 amide bonds. The highest BCUT2D eigenvalue weighted by molar-refractivity contribution is 6.23. The number of ether oxygens (including phenoxy) is 3. The molecule has 258 valence electrons. The maximum Gasteiger partial charge on any atom is 0.357 e. The monoisotopic (exact) mass is 670 g/mol. The van der Waals surface area contributed by atoms with Gasteiger partial charge >= 0.3 is 17.9 Å². The van der Waals surface area contributed by atoms with Crippen molar-refractivity contribution in [2.24, 2.45) is 0 Å². The zero-order valence-electron chi connectivity index (χ0n) is 27.7. The van der Waals surface area contributed by atoms with Gasteiger partial charge in [0.05, 0.1) is 78.9 Å². The zero-order chi connectivity index (χ0) is 34.6. The van der Waals surface area contributed by atoms with Crippen LogP contribution in [0.25, 0.3) is 32.8 Å². The van der Waals surface area contributed by atoms with Gasteiger partial charge in [0.15, 0.2) is 5.69 Å². The van der Waals surface area contributed by atoms with Gasteiger partial charge in [-0.1, -0.05) is 0 Å². The lowest BCUT2D eigenvalue weighted by molar-refractivity contribution is -0.306. The summed E-state index contributed by atoms with van der Waals surface area (Å²) in [5.74, 6) is -2.32. The SMILES string of the molecule is CCOOCc1nc2c(cc1C(=O)OCC)c1cc(C(=O)OCC)c(C(=O)OCC)nc1c1nc(COOCC)c(COOCC)nc21. The molecule has 0 aliphatic rings. The maximum absolute atomic E-state index is 13.2. The maximum atomic E-state index is 13.2. The van der Waals surface area contributed by atoms with Crippen LogP contribution in [0.2, 0.25) is 0 Å². The summed E-state index contributed by atoms with van der Waals surface area (Å²) in [4.78, 5) is 89.8. The number of esters is 3. The van der Waals surface area contributed by atoms with Crippen LogP contribution < -0.4 is 0 Å². The first-order valence-corrected chi connectivity index (χ1v) is 15.6. The number of hydrogen-bond donors (Lipinski definition) is 0. The van der Waals surface area contributed by atoms with Gasteiger partial charge in [-0.05, 0) is 53.7 Å². The van der Waals surface area contributed by atoms with Crippen molar-refractivity contribution in [3.63, 3.8) is 0 Å². The predicted octanol–water partition coefficient (Wildman–Crippen LogP) is 4.66. The Labute approximate surface area is 275 Å². The second-order valence-corrected chi connectivity index (χ2v) is 9.64. The van der Waals surface area contributed by atoms with E-state index in [2.05, 4.69) is 4.98 Å². The van der Waals surface area contributed by atoms with Crippen molar-refractivity contribution in [2.75, 3.05) is 39.6 Å². The van der Waals surface area contributed by atoms with Crippen LogP contribution in [0.1, 0.15) is 89.8 Å². The average molecular weight is 671 g/mol. The van der Waals surface area contributed by atoms with E-state index in [-0.39, 0.29) is 104 Å². The second-order valence-electron chi connectivity index (χ2n) is 9.64. The number of aromatic nitrogens is 4. The number of carbonyl (C=O) groups is 3. The number of carbonyl (C=O) groups excluding carboxylic acids is 3. The minimum Gasteiger partial charge on any atom is -0.462 e. The van der Waals surface area contributed by atoms with Gasteiger partial charge in [0.2, 0.25) is 0 Å². The van der Waals surface area contributed by atoms with Crippen LogP contribution in [-0.2, 0) is 63.4 Å². The lowest BCUT2D eigenvalue weighted by Gasteiger charge is -2.16. The van der Waals surface area contributed by atoms with E-state index in [0.717, 1.165) is 0 Å². The Morgan fingerprint density at radius 2 is 0.854 bits per heavy atom. The zero-order valence-corrected chi connectivity index (χ0v) is 27.7. The summed E-state index contributed by atoms with van der Waals surface area (Å²) in [6, 6.07) is 2.98. The summed E-state index contributed by atoms with van der Waals surface area (Å²) in [5, 5.41) is 0.659. The van der Waals surface area contributed by atoms with Crippen molar-refractivity contribution in [3.8, 4) is 0 Å². The Morgan fingerprint density at radius 1 is 0.458 bits per heavy atom. The van der Waals surface area contributed by atoms with Gasteiger partial charge in [0.1, 0.15) is 30.9 Å². The van der Waals surface area contributed by atoms with Gasteiger partial charge in [-0.15, -0.1) is 0 Å². The lowest BCUT2D eigenvalue weighted by Crippen LogP contribution is -2.17. The molecule has 0 atom stereocenters. The fourth-order valence-corrected chi connectivity index (χ4v) is 4.66. The van der Waals surface area contributed by atoms with E-state index in [1.807, 2.05) is 0 Å². The van der Waals surface area contributed by atoms with Crippen LogP contribution in [0.5, 0.6) is 0 Å². The molecular weight excluding hydrogens is 632 g/mol. The number of hydrogen-bond acceptors (Lipinski definition) is 16. The molecule has 0 saturated carbocycles. The van der Waals surface area contributed by atoms with E-state index < -0.39 is 17.9 Å². The van der Waals surface area contributed by atoms with Crippen molar-refractivity contribution in [1.82, 2.24) is 19.9 Å². The highest BCUT2D eigenvalue weighted by Gasteiger charge is 2.27. The first-order valence-electron chi connectivity index (χ1n) is 15.6. The molecule has 4 aromatic rings. The molecule has 1 aromatic carbocycles. The Bertz CT molecular complexity index is 1760. The first kappa shape index (κ1) is 36.4. The number of benzene rings is 1. The molecule has 0 bridgehead atoms. The van der Waals surface area contributed by atoms with E-state index in [1.54, 1.807) is 41.5 Å². The molecule has 3 heterocycles. The molecule has 0 aliphatic heterocycles. The fraction of sp³-hybridized carbons (Fsp3) is 0.469.